The lowest BCUT2D eigenvalue weighted by atomic mass is 9.99. The molecular formula is C30H26ClF3N4O6. The van der Waals surface area contributed by atoms with E-state index in [2.05, 4.69) is 25.0 Å². The number of carboxylic acid groups (broad SMARTS) is 1. The van der Waals surface area contributed by atoms with E-state index < -0.39 is 12.3 Å². The first kappa shape index (κ1) is 28.7. The van der Waals surface area contributed by atoms with Crippen LogP contribution in [0.4, 0.5) is 19.2 Å². The molecule has 1 aliphatic carbocycles. The second kappa shape index (κ2) is 11.1. The predicted octanol–water partition coefficient (Wildman–Crippen LogP) is 7.24. The Morgan fingerprint density at radius 3 is 2.50 bits per heavy atom. The van der Waals surface area contributed by atoms with E-state index in [0.717, 1.165) is 25.7 Å². The Morgan fingerprint density at radius 2 is 1.82 bits per heavy atom. The number of benzene rings is 2. The molecule has 3 aliphatic rings. The standard InChI is InChI=1S/C30H26ClF3N4O6/c31-23-11-16(7-10-20(23)28(39)40)27-35-36-29(42-27)38-17-8-9-18(38)13-19(12-17)41-14-22-25(37-44-26(22)15-5-6-15)21-3-1-2-4-24(21)43-30(32,33)34/h1-4,7,10-11,15,17-19H,5-6,8-9,12-14H2,(H,39,40). The number of anilines is 1. The van der Waals surface area contributed by atoms with E-state index in [1.807, 2.05) is 0 Å². The number of aromatic carboxylic acids is 1. The first-order valence-corrected chi connectivity index (χ1v) is 14.6. The van der Waals surface area contributed by atoms with Crippen molar-refractivity contribution in [1.82, 2.24) is 15.4 Å². The number of aromatic nitrogens is 3. The van der Waals surface area contributed by atoms with Crippen molar-refractivity contribution < 1.29 is 41.5 Å². The van der Waals surface area contributed by atoms with E-state index in [4.69, 9.17) is 25.3 Å². The van der Waals surface area contributed by atoms with Crippen LogP contribution in [0.3, 0.4) is 0 Å². The van der Waals surface area contributed by atoms with Crippen molar-refractivity contribution in [2.75, 3.05) is 4.90 Å². The number of piperidine rings is 1. The van der Waals surface area contributed by atoms with Gasteiger partial charge in [0.05, 0.1) is 23.3 Å². The van der Waals surface area contributed by atoms with Gasteiger partial charge in [0.25, 0.3) is 0 Å². The largest absolute Gasteiger partial charge is 0.573 e. The van der Waals surface area contributed by atoms with E-state index in [1.165, 1.54) is 30.3 Å². The molecule has 2 unspecified atom stereocenters. The van der Waals surface area contributed by atoms with Gasteiger partial charge in [0.1, 0.15) is 17.2 Å². The number of rotatable bonds is 9. The lowest BCUT2D eigenvalue weighted by Crippen LogP contribution is -2.45. The molecule has 4 heterocycles. The maximum Gasteiger partial charge on any atom is 0.573 e. The van der Waals surface area contributed by atoms with Gasteiger partial charge in [-0.2, -0.15) is 0 Å². The van der Waals surface area contributed by atoms with Gasteiger partial charge in [0.2, 0.25) is 5.89 Å². The Morgan fingerprint density at radius 1 is 1.07 bits per heavy atom. The third-order valence-corrected chi connectivity index (χ3v) is 8.68. The number of carboxylic acids is 1. The van der Waals surface area contributed by atoms with Crippen LogP contribution in [0, 0.1) is 0 Å². The smallest absolute Gasteiger partial charge is 0.478 e. The topological polar surface area (TPSA) is 124 Å². The Balaban J connectivity index is 1.06. The fourth-order valence-corrected chi connectivity index (χ4v) is 6.51. The molecule has 4 aromatic rings. The summed E-state index contributed by atoms with van der Waals surface area (Å²) in [5, 5.41) is 21.9. The van der Waals surface area contributed by atoms with Crippen LogP contribution in [-0.4, -0.2) is 51.0 Å². The van der Waals surface area contributed by atoms with Gasteiger partial charge in [-0.1, -0.05) is 34.0 Å². The third-order valence-electron chi connectivity index (χ3n) is 8.37. The minimum Gasteiger partial charge on any atom is -0.478 e. The molecule has 2 aromatic heterocycles. The highest BCUT2D eigenvalue weighted by atomic mass is 35.5. The summed E-state index contributed by atoms with van der Waals surface area (Å²) in [5.74, 6) is -0.414. The molecule has 0 radical (unpaired) electrons. The zero-order chi connectivity index (χ0) is 30.6. The normalized spacial score (nSPS) is 21.5. The second-order valence-electron chi connectivity index (χ2n) is 11.3. The zero-order valence-corrected chi connectivity index (χ0v) is 23.8. The SMILES string of the molecule is O=C(O)c1ccc(-c2nnc(N3C4CCC3CC(OCc3c(-c5ccccc5OC(F)(F)F)noc3C3CC3)C4)o2)cc1Cl. The van der Waals surface area contributed by atoms with Crippen LogP contribution < -0.4 is 9.64 Å². The number of hydrogen-bond donors (Lipinski definition) is 1. The average Bonchev–Trinajstić information content (AvgIpc) is 3.44. The molecule has 2 atom stereocenters. The highest BCUT2D eigenvalue weighted by Crippen LogP contribution is 2.46. The maximum absolute atomic E-state index is 13.1. The third kappa shape index (κ3) is 5.61. The Hall–Kier alpha value is -4.10. The van der Waals surface area contributed by atoms with Crippen molar-refractivity contribution in [3.63, 3.8) is 0 Å². The molecule has 3 fully saturated rings. The van der Waals surface area contributed by atoms with E-state index >= 15 is 0 Å². The number of halogens is 4. The van der Waals surface area contributed by atoms with Gasteiger partial charge in [0.15, 0.2) is 0 Å². The lowest BCUT2D eigenvalue weighted by molar-refractivity contribution is -0.274. The first-order chi connectivity index (χ1) is 21.1. The molecule has 230 valence electrons. The van der Waals surface area contributed by atoms with Crippen LogP contribution in [-0.2, 0) is 11.3 Å². The molecule has 2 aromatic carbocycles. The van der Waals surface area contributed by atoms with Crippen molar-refractivity contribution in [2.24, 2.45) is 0 Å². The molecule has 2 bridgehead atoms. The van der Waals surface area contributed by atoms with Crippen LogP contribution in [0.1, 0.15) is 66.1 Å². The number of fused-ring (bicyclic) bond motifs is 2. The molecular weight excluding hydrogens is 605 g/mol. The number of alkyl halides is 3. The Bertz CT molecular complexity index is 1690. The van der Waals surface area contributed by atoms with Gasteiger partial charge in [0, 0.05) is 34.7 Å². The maximum atomic E-state index is 13.1. The van der Waals surface area contributed by atoms with Crippen LogP contribution in [0.15, 0.2) is 51.4 Å². The van der Waals surface area contributed by atoms with Crippen LogP contribution in [0.2, 0.25) is 5.02 Å². The number of hydrogen-bond acceptors (Lipinski definition) is 9. The minimum atomic E-state index is -4.85. The molecule has 10 nitrogen and oxygen atoms in total. The molecule has 44 heavy (non-hydrogen) atoms. The van der Waals surface area contributed by atoms with Crippen LogP contribution in [0.25, 0.3) is 22.7 Å². The zero-order valence-electron chi connectivity index (χ0n) is 23.1. The van der Waals surface area contributed by atoms with Crippen molar-refractivity contribution in [2.45, 2.75) is 75.6 Å². The minimum absolute atomic E-state index is 0.0169. The second-order valence-corrected chi connectivity index (χ2v) is 11.7. The number of para-hydroxylation sites is 1. The first-order valence-electron chi connectivity index (χ1n) is 14.2. The molecule has 0 spiro atoms. The lowest BCUT2D eigenvalue weighted by Gasteiger charge is -2.37. The van der Waals surface area contributed by atoms with Crippen molar-refractivity contribution >= 4 is 23.6 Å². The summed E-state index contributed by atoms with van der Waals surface area (Å²) in [6.07, 6.45) is 0.108. The molecule has 1 N–H and O–H groups in total. The summed E-state index contributed by atoms with van der Waals surface area (Å²) in [4.78, 5) is 13.4. The Labute approximate surface area is 253 Å². The average molecular weight is 631 g/mol. The quantitative estimate of drug-likeness (QED) is 0.202. The predicted molar refractivity (Wildman–Crippen MR) is 149 cm³/mol. The highest BCUT2D eigenvalue weighted by Gasteiger charge is 2.44. The van der Waals surface area contributed by atoms with E-state index in [0.29, 0.717) is 41.4 Å². The van der Waals surface area contributed by atoms with Gasteiger partial charge < -0.3 is 28.4 Å². The van der Waals surface area contributed by atoms with E-state index in [9.17, 15) is 23.1 Å². The van der Waals surface area contributed by atoms with Crippen LogP contribution >= 0.6 is 11.6 Å². The Kier molecular flexibility index (Phi) is 7.24. The fraction of sp³-hybridized carbons (Fsp3) is 0.400. The molecule has 0 amide bonds. The summed E-state index contributed by atoms with van der Waals surface area (Å²) in [7, 11) is 0. The fourth-order valence-electron chi connectivity index (χ4n) is 6.25. The van der Waals surface area contributed by atoms with E-state index in [1.54, 1.807) is 12.1 Å². The highest BCUT2D eigenvalue weighted by molar-refractivity contribution is 6.33. The van der Waals surface area contributed by atoms with Gasteiger partial charge in [-0.3, -0.25) is 0 Å². The molecule has 7 rings (SSSR count). The van der Waals surface area contributed by atoms with Gasteiger partial charge in [-0.15, -0.1) is 18.3 Å². The summed E-state index contributed by atoms with van der Waals surface area (Å²) in [6.45, 7) is 0.146. The van der Waals surface area contributed by atoms with Crippen LogP contribution in [0.5, 0.6) is 5.75 Å². The van der Waals surface area contributed by atoms with Gasteiger partial charge in [-0.25, -0.2) is 4.79 Å². The summed E-state index contributed by atoms with van der Waals surface area (Å²) < 4.78 is 61.7. The van der Waals surface area contributed by atoms with Crippen molar-refractivity contribution in [1.29, 1.82) is 0 Å². The molecule has 2 aliphatic heterocycles. The monoisotopic (exact) mass is 630 g/mol. The number of nitrogens with zero attached hydrogens (tertiary/aromatic N) is 4. The number of carbonyl (C=O) groups is 1. The summed E-state index contributed by atoms with van der Waals surface area (Å²) in [5.41, 5.74) is 1.64. The molecule has 1 saturated carbocycles. The molecule has 2 saturated heterocycles. The summed E-state index contributed by atoms with van der Waals surface area (Å²) in [6, 6.07) is 10.9. The van der Waals surface area contributed by atoms with Gasteiger partial charge in [-0.05, 0) is 68.9 Å². The van der Waals surface area contributed by atoms with Gasteiger partial charge >= 0.3 is 18.3 Å². The van der Waals surface area contributed by atoms with Crippen molar-refractivity contribution in [3.8, 4) is 28.5 Å². The summed E-state index contributed by atoms with van der Waals surface area (Å²) >= 11 is 6.12. The number of ether oxygens (including phenoxy) is 2. The van der Waals surface area contributed by atoms with Crippen molar-refractivity contribution in [3.05, 3.63) is 64.4 Å². The van der Waals surface area contributed by atoms with E-state index in [-0.39, 0.29) is 58.5 Å². The molecule has 14 heteroatoms.